The highest BCUT2D eigenvalue weighted by Crippen LogP contribution is 2.25. The van der Waals surface area contributed by atoms with Gasteiger partial charge < -0.3 is 9.47 Å². The third-order valence-electron chi connectivity index (χ3n) is 3.69. The molecule has 1 aliphatic carbocycles. The Balaban J connectivity index is 0.000000296. The van der Waals surface area contributed by atoms with Crippen LogP contribution in [-0.2, 0) is 9.47 Å². The van der Waals surface area contributed by atoms with Crippen LogP contribution in [0.25, 0.3) is 0 Å². The van der Waals surface area contributed by atoms with Crippen LogP contribution in [0.4, 0.5) is 0 Å². The van der Waals surface area contributed by atoms with Gasteiger partial charge in [-0.25, -0.2) is 0 Å². The van der Waals surface area contributed by atoms with E-state index in [1.165, 1.54) is 38.5 Å². The van der Waals surface area contributed by atoms with Crippen LogP contribution < -0.4 is 0 Å². The van der Waals surface area contributed by atoms with Crippen molar-refractivity contribution >= 4 is 0 Å². The number of hydrogen-bond donors (Lipinski definition) is 0. The van der Waals surface area contributed by atoms with Crippen molar-refractivity contribution in [1.29, 1.82) is 0 Å². The molecule has 1 atom stereocenters. The SMILES string of the molecule is C=CC(C)C.CC(C)COC1CO1.CCC1CCCCC1. The van der Waals surface area contributed by atoms with Crippen LogP contribution in [0, 0.1) is 17.8 Å². The highest BCUT2D eigenvalue weighted by atomic mass is 16.8. The van der Waals surface area contributed by atoms with Gasteiger partial charge in [-0.1, -0.05) is 79.2 Å². The van der Waals surface area contributed by atoms with Crippen molar-refractivity contribution in [3.63, 3.8) is 0 Å². The molecule has 2 nitrogen and oxygen atoms in total. The highest BCUT2D eigenvalue weighted by molar-refractivity contribution is 4.69. The minimum Gasteiger partial charge on any atom is -0.350 e. The van der Waals surface area contributed by atoms with Gasteiger partial charge >= 0.3 is 0 Å². The Labute approximate surface area is 133 Å². The molecular formula is C19H38O2. The minimum atomic E-state index is 0.136. The summed E-state index contributed by atoms with van der Waals surface area (Å²) in [4.78, 5) is 0. The Morgan fingerprint density at radius 2 is 1.67 bits per heavy atom. The van der Waals surface area contributed by atoms with Gasteiger partial charge in [-0.2, -0.15) is 0 Å². The van der Waals surface area contributed by atoms with E-state index in [-0.39, 0.29) is 6.29 Å². The van der Waals surface area contributed by atoms with Crippen LogP contribution in [0.2, 0.25) is 0 Å². The van der Waals surface area contributed by atoms with E-state index in [1.807, 2.05) is 6.08 Å². The fourth-order valence-corrected chi connectivity index (χ4v) is 2.03. The Kier molecular flexibility index (Phi) is 13.1. The molecule has 1 aliphatic heterocycles. The van der Waals surface area contributed by atoms with Gasteiger partial charge in [0, 0.05) is 0 Å². The first-order valence-electron chi connectivity index (χ1n) is 8.85. The van der Waals surface area contributed by atoms with E-state index in [4.69, 9.17) is 9.47 Å². The number of ether oxygens (including phenoxy) is 2. The van der Waals surface area contributed by atoms with Gasteiger partial charge in [0.1, 0.15) is 6.61 Å². The molecule has 0 N–H and O–H groups in total. The lowest BCUT2D eigenvalue weighted by molar-refractivity contribution is 0.0343. The molecule has 0 aromatic rings. The second kappa shape index (κ2) is 13.3. The molecule has 0 bridgehead atoms. The standard InChI is InChI=1S/C8H16.C6H12O2.C5H10/c1-2-8-6-4-3-5-7-8;1-5(2)3-7-6-4-8-6;1-4-5(2)3/h8H,2-7H2,1H3;5-6H,3-4H2,1-2H3;4-5H,1H2,2-3H3. The molecule has 0 aromatic carbocycles. The zero-order valence-corrected chi connectivity index (χ0v) is 15.1. The summed E-state index contributed by atoms with van der Waals surface area (Å²) in [6.07, 6.45) is 11.0. The third kappa shape index (κ3) is 15.9. The van der Waals surface area contributed by atoms with Gasteiger partial charge in [0.15, 0.2) is 6.29 Å². The number of hydrogen-bond acceptors (Lipinski definition) is 2. The van der Waals surface area contributed by atoms with Crippen molar-refractivity contribution in [3.05, 3.63) is 12.7 Å². The van der Waals surface area contributed by atoms with Gasteiger partial charge in [-0.3, -0.25) is 0 Å². The fraction of sp³-hybridized carbons (Fsp3) is 0.895. The van der Waals surface area contributed by atoms with Gasteiger partial charge in [-0.05, 0) is 17.8 Å². The molecule has 1 saturated heterocycles. The molecule has 2 aliphatic rings. The molecule has 21 heavy (non-hydrogen) atoms. The van der Waals surface area contributed by atoms with E-state index in [9.17, 15) is 0 Å². The topological polar surface area (TPSA) is 21.8 Å². The molecule has 1 saturated carbocycles. The van der Waals surface area contributed by atoms with Crippen LogP contribution in [0.1, 0.15) is 73.1 Å². The summed E-state index contributed by atoms with van der Waals surface area (Å²) < 4.78 is 10.0. The van der Waals surface area contributed by atoms with Gasteiger partial charge in [-0.15, -0.1) is 6.58 Å². The lowest BCUT2D eigenvalue weighted by Gasteiger charge is -2.18. The van der Waals surface area contributed by atoms with Gasteiger partial charge in [0.25, 0.3) is 0 Å². The van der Waals surface area contributed by atoms with Crippen molar-refractivity contribution in [2.45, 2.75) is 79.4 Å². The molecule has 126 valence electrons. The van der Waals surface area contributed by atoms with E-state index in [0.717, 1.165) is 19.1 Å². The van der Waals surface area contributed by atoms with Crippen molar-refractivity contribution in [2.24, 2.45) is 17.8 Å². The molecule has 2 heteroatoms. The molecule has 2 rings (SSSR count). The first-order chi connectivity index (χ1) is 9.99. The average Bonchev–Trinajstić information content (AvgIpc) is 3.31. The van der Waals surface area contributed by atoms with E-state index >= 15 is 0 Å². The average molecular weight is 299 g/mol. The summed E-state index contributed by atoms with van der Waals surface area (Å²) in [7, 11) is 0. The lowest BCUT2D eigenvalue weighted by Crippen LogP contribution is -2.03. The Bertz CT molecular complexity index is 224. The summed E-state index contributed by atoms with van der Waals surface area (Å²) in [5.74, 6) is 2.36. The van der Waals surface area contributed by atoms with Crippen LogP contribution in [0.5, 0.6) is 0 Å². The Hall–Kier alpha value is -0.340. The molecular weight excluding hydrogens is 260 g/mol. The zero-order valence-electron chi connectivity index (χ0n) is 15.1. The normalized spacial score (nSPS) is 21.2. The van der Waals surface area contributed by atoms with Crippen molar-refractivity contribution in [1.82, 2.24) is 0 Å². The fourth-order valence-electron chi connectivity index (χ4n) is 2.03. The molecule has 1 heterocycles. The Morgan fingerprint density at radius 3 is 1.95 bits per heavy atom. The monoisotopic (exact) mass is 298 g/mol. The number of epoxide rings is 1. The van der Waals surface area contributed by atoms with E-state index < -0.39 is 0 Å². The predicted molar refractivity (Wildman–Crippen MR) is 92.4 cm³/mol. The molecule has 2 fully saturated rings. The van der Waals surface area contributed by atoms with E-state index in [0.29, 0.717) is 11.8 Å². The molecule has 0 radical (unpaired) electrons. The van der Waals surface area contributed by atoms with Crippen molar-refractivity contribution < 1.29 is 9.47 Å². The maximum atomic E-state index is 5.19. The summed E-state index contributed by atoms with van der Waals surface area (Å²) in [5, 5.41) is 0. The van der Waals surface area contributed by atoms with Crippen LogP contribution in [-0.4, -0.2) is 19.5 Å². The maximum absolute atomic E-state index is 5.19. The molecule has 0 amide bonds. The molecule has 0 aromatic heterocycles. The lowest BCUT2D eigenvalue weighted by atomic mass is 9.88. The smallest absolute Gasteiger partial charge is 0.181 e. The Morgan fingerprint density at radius 1 is 1.14 bits per heavy atom. The van der Waals surface area contributed by atoms with E-state index in [2.05, 4.69) is 41.2 Å². The quantitative estimate of drug-likeness (QED) is 0.471. The van der Waals surface area contributed by atoms with Crippen LogP contribution >= 0.6 is 0 Å². The van der Waals surface area contributed by atoms with Crippen LogP contribution in [0.3, 0.4) is 0 Å². The predicted octanol–water partition coefficient (Wildman–Crippen LogP) is 5.82. The minimum absolute atomic E-state index is 0.136. The van der Waals surface area contributed by atoms with E-state index in [1.54, 1.807) is 0 Å². The summed E-state index contributed by atoms with van der Waals surface area (Å²) >= 11 is 0. The van der Waals surface area contributed by atoms with Crippen molar-refractivity contribution in [3.8, 4) is 0 Å². The van der Waals surface area contributed by atoms with Gasteiger partial charge in [0.2, 0.25) is 0 Å². The first kappa shape index (κ1) is 20.7. The highest BCUT2D eigenvalue weighted by Gasteiger charge is 2.22. The summed E-state index contributed by atoms with van der Waals surface area (Å²) in [6, 6.07) is 0. The van der Waals surface area contributed by atoms with Crippen LogP contribution in [0.15, 0.2) is 12.7 Å². The second-order valence-corrected chi connectivity index (χ2v) is 6.88. The maximum Gasteiger partial charge on any atom is 0.181 e. The third-order valence-corrected chi connectivity index (χ3v) is 3.69. The molecule has 1 unspecified atom stereocenters. The largest absolute Gasteiger partial charge is 0.350 e. The summed E-state index contributed by atoms with van der Waals surface area (Å²) in [5.41, 5.74) is 0. The second-order valence-electron chi connectivity index (χ2n) is 6.88. The summed E-state index contributed by atoms with van der Waals surface area (Å²) in [6.45, 7) is 16.0. The molecule has 0 spiro atoms. The number of allylic oxidation sites excluding steroid dienone is 1. The van der Waals surface area contributed by atoms with Gasteiger partial charge in [0.05, 0.1) is 6.61 Å². The number of rotatable bonds is 5. The van der Waals surface area contributed by atoms with Crippen molar-refractivity contribution in [2.75, 3.05) is 13.2 Å². The zero-order chi connectivity index (χ0) is 16.1. The first-order valence-corrected chi connectivity index (χ1v) is 8.85.